The summed E-state index contributed by atoms with van der Waals surface area (Å²) in [6.07, 6.45) is 4.91. The first kappa shape index (κ1) is 14.9. The molecule has 0 bridgehead atoms. The number of amides is 1. The summed E-state index contributed by atoms with van der Waals surface area (Å²) in [5.41, 5.74) is 0.776. The van der Waals surface area contributed by atoms with Gasteiger partial charge in [-0.1, -0.05) is 11.6 Å². The fraction of sp³-hybridized carbons (Fsp3) is 0.200. The molecule has 1 aliphatic heterocycles. The predicted octanol–water partition coefficient (Wildman–Crippen LogP) is 3.16. The highest BCUT2D eigenvalue weighted by atomic mass is 35.5. The zero-order valence-electron chi connectivity index (χ0n) is 11.8. The van der Waals surface area contributed by atoms with Crippen LogP contribution in [-0.4, -0.2) is 17.7 Å². The van der Waals surface area contributed by atoms with Crippen molar-refractivity contribution in [2.45, 2.75) is 13.5 Å². The lowest BCUT2D eigenvalue weighted by Gasteiger charge is -2.01. The molecule has 0 saturated carbocycles. The minimum Gasteiger partial charge on any atom is -0.454 e. The van der Waals surface area contributed by atoms with Crippen LogP contribution in [0.1, 0.15) is 15.4 Å². The molecular weight excluding hydrogens is 324 g/mol. The molecule has 0 radical (unpaired) electrons. The third-order valence-corrected chi connectivity index (χ3v) is 4.18. The van der Waals surface area contributed by atoms with Gasteiger partial charge in [0.1, 0.15) is 0 Å². The van der Waals surface area contributed by atoms with E-state index in [1.807, 2.05) is 6.92 Å². The van der Waals surface area contributed by atoms with Gasteiger partial charge in [-0.3, -0.25) is 4.79 Å². The normalized spacial score (nSPS) is 12.8. The van der Waals surface area contributed by atoms with Gasteiger partial charge in [0, 0.05) is 17.2 Å². The summed E-state index contributed by atoms with van der Waals surface area (Å²) in [5.74, 6) is 0.955. The topological polar surface area (TPSA) is 60.5 Å². The summed E-state index contributed by atoms with van der Waals surface area (Å²) in [5, 5.41) is 4.25. The third-order valence-electron chi connectivity index (χ3n) is 2.98. The van der Waals surface area contributed by atoms with E-state index in [4.69, 9.17) is 21.1 Å². The molecule has 114 valence electrons. The van der Waals surface area contributed by atoms with E-state index in [-0.39, 0.29) is 12.7 Å². The molecule has 7 heteroatoms. The molecule has 0 saturated heterocycles. The van der Waals surface area contributed by atoms with Crippen molar-refractivity contribution in [2.75, 3.05) is 6.79 Å². The number of halogens is 1. The minimum absolute atomic E-state index is 0.164. The van der Waals surface area contributed by atoms with Gasteiger partial charge in [-0.15, -0.1) is 11.3 Å². The van der Waals surface area contributed by atoms with Crippen molar-refractivity contribution in [1.82, 2.24) is 10.3 Å². The van der Waals surface area contributed by atoms with Crippen LogP contribution in [0.5, 0.6) is 11.5 Å². The Kier molecular flexibility index (Phi) is 4.31. The standard InChI is InChI=1S/C15H13ClN2O3S/c1-9-17-6-11(22-9)7-18-14(19)3-2-10-4-12(16)15-13(5-10)20-8-21-15/h2-6H,7-8H2,1H3,(H,18,19). The molecule has 3 rings (SSSR count). The molecule has 0 aliphatic carbocycles. The van der Waals surface area contributed by atoms with E-state index in [9.17, 15) is 4.79 Å². The van der Waals surface area contributed by atoms with Crippen LogP contribution >= 0.6 is 22.9 Å². The lowest BCUT2D eigenvalue weighted by molar-refractivity contribution is -0.116. The lowest BCUT2D eigenvalue weighted by atomic mass is 10.2. The van der Waals surface area contributed by atoms with Crippen molar-refractivity contribution in [3.63, 3.8) is 0 Å². The number of fused-ring (bicyclic) bond motifs is 1. The van der Waals surface area contributed by atoms with Crippen LogP contribution in [0, 0.1) is 6.92 Å². The molecule has 1 aliphatic rings. The molecule has 5 nitrogen and oxygen atoms in total. The smallest absolute Gasteiger partial charge is 0.244 e. The molecule has 0 unspecified atom stereocenters. The maximum absolute atomic E-state index is 11.8. The van der Waals surface area contributed by atoms with E-state index in [2.05, 4.69) is 10.3 Å². The molecule has 0 fully saturated rings. The Bertz CT molecular complexity index is 742. The summed E-state index contributed by atoms with van der Waals surface area (Å²) in [7, 11) is 0. The van der Waals surface area contributed by atoms with Gasteiger partial charge in [0.05, 0.1) is 16.6 Å². The van der Waals surface area contributed by atoms with Gasteiger partial charge in [-0.25, -0.2) is 4.98 Å². The number of hydrogen-bond acceptors (Lipinski definition) is 5. The Labute approximate surface area is 136 Å². The predicted molar refractivity (Wildman–Crippen MR) is 85.3 cm³/mol. The summed E-state index contributed by atoms with van der Waals surface area (Å²) < 4.78 is 10.5. The molecule has 2 heterocycles. The SMILES string of the molecule is Cc1ncc(CNC(=O)C=Cc2cc(Cl)c3c(c2)OCO3)s1. The first-order chi connectivity index (χ1) is 10.6. The Morgan fingerprint density at radius 1 is 1.50 bits per heavy atom. The zero-order chi connectivity index (χ0) is 15.5. The minimum atomic E-state index is -0.181. The number of hydrogen-bond donors (Lipinski definition) is 1. The maximum atomic E-state index is 11.8. The van der Waals surface area contributed by atoms with Gasteiger partial charge < -0.3 is 14.8 Å². The Balaban J connectivity index is 1.61. The second-order valence-corrected chi connectivity index (χ2v) is 6.36. The molecule has 1 N–H and O–H groups in total. The largest absolute Gasteiger partial charge is 0.454 e. The van der Waals surface area contributed by atoms with Crippen molar-refractivity contribution < 1.29 is 14.3 Å². The number of aryl methyl sites for hydroxylation is 1. The van der Waals surface area contributed by atoms with Crippen molar-refractivity contribution >= 4 is 34.9 Å². The van der Waals surface area contributed by atoms with Crippen LogP contribution in [0.4, 0.5) is 0 Å². The summed E-state index contributed by atoms with van der Waals surface area (Å²) in [6, 6.07) is 3.51. The van der Waals surface area contributed by atoms with E-state index in [0.29, 0.717) is 23.1 Å². The number of carbonyl (C=O) groups excluding carboxylic acids is 1. The van der Waals surface area contributed by atoms with Crippen LogP contribution in [0.3, 0.4) is 0 Å². The lowest BCUT2D eigenvalue weighted by Crippen LogP contribution is -2.19. The number of nitrogens with zero attached hydrogens (tertiary/aromatic N) is 1. The van der Waals surface area contributed by atoms with Gasteiger partial charge in [-0.2, -0.15) is 0 Å². The fourth-order valence-electron chi connectivity index (χ4n) is 1.98. The van der Waals surface area contributed by atoms with Crippen LogP contribution in [-0.2, 0) is 11.3 Å². The Morgan fingerprint density at radius 3 is 3.14 bits per heavy atom. The van der Waals surface area contributed by atoms with Crippen LogP contribution in [0.25, 0.3) is 6.08 Å². The first-order valence-electron chi connectivity index (χ1n) is 6.58. The maximum Gasteiger partial charge on any atom is 0.244 e. The average molecular weight is 337 g/mol. The van der Waals surface area contributed by atoms with E-state index in [1.165, 1.54) is 6.08 Å². The van der Waals surface area contributed by atoms with Crippen LogP contribution < -0.4 is 14.8 Å². The number of benzene rings is 1. The number of ether oxygens (including phenoxy) is 2. The number of carbonyl (C=O) groups is 1. The van der Waals surface area contributed by atoms with Crippen molar-refractivity contribution in [3.8, 4) is 11.5 Å². The van der Waals surface area contributed by atoms with E-state index < -0.39 is 0 Å². The highest BCUT2D eigenvalue weighted by Gasteiger charge is 2.17. The number of rotatable bonds is 4. The number of aromatic nitrogens is 1. The molecule has 0 spiro atoms. The number of nitrogens with one attached hydrogen (secondary N) is 1. The molecule has 0 atom stereocenters. The highest BCUT2D eigenvalue weighted by molar-refractivity contribution is 7.11. The van der Waals surface area contributed by atoms with Crippen molar-refractivity contribution in [1.29, 1.82) is 0 Å². The van der Waals surface area contributed by atoms with Crippen molar-refractivity contribution in [2.24, 2.45) is 0 Å². The quantitative estimate of drug-likeness (QED) is 0.871. The second-order valence-electron chi connectivity index (χ2n) is 4.63. The number of thiazole rings is 1. The fourth-order valence-corrected chi connectivity index (χ4v) is 2.98. The molecule has 22 heavy (non-hydrogen) atoms. The highest BCUT2D eigenvalue weighted by Crippen LogP contribution is 2.40. The Morgan fingerprint density at radius 2 is 2.36 bits per heavy atom. The summed E-state index contributed by atoms with van der Waals surface area (Å²) in [6.45, 7) is 2.56. The van der Waals surface area contributed by atoms with Crippen LogP contribution in [0.2, 0.25) is 5.02 Å². The molecule has 1 amide bonds. The molecule has 1 aromatic carbocycles. The summed E-state index contributed by atoms with van der Waals surface area (Å²) in [4.78, 5) is 17.0. The molecular formula is C15H13ClN2O3S. The van der Waals surface area contributed by atoms with Gasteiger partial charge in [0.15, 0.2) is 11.5 Å². The van der Waals surface area contributed by atoms with E-state index in [1.54, 1.807) is 35.7 Å². The van der Waals surface area contributed by atoms with Crippen LogP contribution in [0.15, 0.2) is 24.4 Å². The van der Waals surface area contributed by atoms with Gasteiger partial charge in [-0.05, 0) is 30.7 Å². The van der Waals surface area contributed by atoms with Gasteiger partial charge in [0.2, 0.25) is 12.7 Å². The van der Waals surface area contributed by atoms with E-state index in [0.717, 1.165) is 15.4 Å². The molecule has 2 aromatic rings. The summed E-state index contributed by atoms with van der Waals surface area (Å²) >= 11 is 7.65. The first-order valence-corrected chi connectivity index (χ1v) is 7.77. The van der Waals surface area contributed by atoms with E-state index >= 15 is 0 Å². The Hall–Kier alpha value is -2.05. The monoisotopic (exact) mass is 336 g/mol. The third kappa shape index (κ3) is 3.40. The average Bonchev–Trinajstić information content (AvgIpc) is 3.12. The van der Waals surface area contributed by atoms with Gasteiger partial charge >= 0.3 is 0 Å². The van der Waals surface area contributed by atoms with Gasteiger partial charge in [0.25, 0.3) is 0 Å². The zero-order valence-corrected chi connectivity index (χ0v) is 13.3. The second kappa shape index (κ2) is 6.37. The molecule has 1 aromatic heterocycles. The van der Waals surface area contributed by atoms with Crippen molar-refractivity contribution in [3.05, 3.63) is 44.9 Å².